The van der Waals surface area contributed by atoms with E-state index < -0.39 is 10.0 Å². The lowest BCUT2D eigenvalue weighted by Crippen LogP contribution is -2.15. The van der Waals surface area contributed by atoms with Crippen LogP contribution in [0.15, 0.2) is 102 Å². The molecule has 0 spiro atoms. The molecule has 0 fully saturated rings. The fourth-order valence-electron chi connectivity index (χ4n) is 3.13. The molecule has 0 radical (unpaired) electrons. The summed E-state index contributed by atoms with van der Waals surface area (Å²) >= 11 is 0. The van der Waals surface area contributed by atoms with Gasteiger partial charge in [-0.2, -0.15) is 0 Å². The number of carbonyl (C=O) groups excluding carboxylic acids is 1. The molecule has 1 amide bonds. The van der Waals surface area contributed by atoms with Gasteiger partial charge in [0.15, 0.2) is 0 Å². The van der Waals surface area contributed by atoms with Crippen LogP contribution in [0.2, 0.25) is 0 Å². The number of rotatable bonds is 8. The van der Waals surface area contributed by atoms with Crippen LogP contribution in [0.4, 0.5) is 11.4 Å². The zero-order chi connectivity index (χ0) is 24.0. The molecule has 4 aromatic rings. The summed E-state index contributed by atoms with van der Waals surface area (Å²) in [4.78, 5) is 16.9. The lowest BCUT2D eigenvalue weighted by atomic mass is 10.2. The Labute approximate surface area is 198 Å². The van der Waals surface area contributed by atoms with Crippen molar-refractivity contribution >= 4 is 27.3 Å². The summed E-state index contributed by atoms with van der Waals surface area (Å²) in [6, 6.07) is 25.4. The highest BCUT2D eigenvalue weighted by molar-refractivity contribution is 7.92. The second kappa shape index (κ2) is 10.2. The maximum absolute atomic E-state index is 12.7. The quantitative estimate of drug-likeness (QED) is 0.374. The summed E-state index contributed by atoms with van der Waals surface area (Å²) in [5.74, 6) is 0.226. The van der Waals surface area contributed by atoms with Crippen molar-refractivity contribution in [1.29, 1.82) is 0 Å². The van der Waals surface area contributed by atoms with Crippen molar-refractivity contribution < 1.29 is 17.9 Å². The van der Waals surface area contributed by atoms with Crippen molar-refractivity contribution in [3.8, 4) is 5.75 Å². The smallest absolute Gasteiger partial charge is 0.261 e. The van der Waals surface area contributed by atoms with Crippen LogP contribution < -0.4 is 14.8 Å². The molecule has 0 atom stereocenters. The first-order chi connectivity index (χ1) is 16.4. The number of aryl methyl sites for hydroxylation is 1. The number of benzene rings is 3. The topological polar surface area (TPSA) is 97.4 Å². The van der Waals surface area contributed by atoms with E-state index in [4.69, 9.17) is 4.74 Å². The molecule has 8 heteroatoms. The fourth-order valence-corrected chi connectivity index (χ4v) is 4.19. The van der Waals surface area contributed by atoms with Gasteiger partial charge in [0, 0.05) is 29.2 Å². The molecule has 2 N–H and O–H groups in total. The molecule has 172 valence electrons. The lowest BCUT2D eigenvalue weighted by molar-refractivity contribution is 0.102. The number of carbonyl (C=O) groups is 1. The number of aromatic nitrogens is 1. The van der Waals surface area contributed by atoms with Crippen LogP contribution in [-0.4, -0.2) is 19.3 Å². The van der Waals surface area contributed by atoms with Gasteiger partial charge in [-0.25, -0.2) is 8.42 Å². The van der Waals surface area contributed by atoms with Crippen molar-refractivity contribution in [3.63, 3.8) is 0 Å². The van der Waals surface area contributed by atoms with E-state index in [1.165, 1.54) is 24.3 Å². The lowest BCUT2D eigenvalue weighted by Gasteiger charge is -2.10. The third kappa shape index (κ3) is 5.99. The third-order valence-corrected chi connectivity index (χ3v) is 6.33. The Balaban J connectivity index is 1.39. The van der Waals surface area contributed by atoms with Gasteiger partial charge < -0.3 is 10.1 Å². The Hall–Kier alpha value is -4.17. The van der Waals surface area contributed by atoms with E-state index in [-0.39, 0.29) is 10.8 Å². The number of hydrogen-bond donors (Lipinski definition) is 2. The Bertz CT molecular complexity index is 1370. The normalized spacial score (nSPS) is 11.0. The molecule has 0 aliphatic rings. The molecule has 0 unspecified atom stereocenters. The molecule has 0 aliphatic carbocycles. The van der Waals surface area contributed by atoms with Gasteiger partial charge in [-0.05, 0) is 67.6 Å². The predicted octanol–water partition coefficient (Wildman–Crippen LogP) is 5.02. The van der Waals surface area contributed by atoms with Gasteiger partial charge in [-0.3, -0.25) is 14.5 Å². The molecule has 0 bridgehead atoms. The number of sulfonamides is 1. The van der Waals surface area contributed by atoms with Gasteiger partial charge >= 0.3 is 0 Å². The third-order valence-electron chi connectivity index (χ3n) is 4.94. The van der Waals surface area contributed by atoms with Crippen LogP contribution in [0.3, 0.4) is 0 Å². The van der Waals surface area contributed by atoms with Crippen molar-refractivity contribution in [2.24, 2.45) is 0 Å². The zero-order valence-corrected chi connectivity index (χ0v) is 19.2. The van der Waals surface area contributed by atoms with Crippen LogP contribution in [0.1, 0.15) is 21.6 Å². The Morgan fingerprint density at radius 3 is 2.35 bits per heavy atom. The van der Waals surface area contributed by atoms with E-state index >= 15 is 0 Å². The minimum atomic E-state index is -3.77. The Morgan fingerprint density at radius 2 is 1.65 bits per heavy atom. The second-order valence-corrected chi connectivity index (χ2v) is 9.27. The van der Waals surface area contributed by atoms with Crippen LogP contribution in [0, 0.1) is 6.92 Å². The van der Waals surface area contributed by atoms with Crippen molar-refractivity contribution in [2.45, 2.75) is 18.4 Å². The van der Waals surface area contributed by atoms with E-state index in [0.717, 1.165) is 11.3 Å². The molecule has 0 saturated carbocycles. The highest BCUT2D eigenvalue weighted by atomic mass is 32.2. The summed E-state index contributed by atoms with van der Waals surface area (Å²) in [5, 5.41) is 2.80. The average molecular weight is 474 g/mol. The monoisotopic (exact) mass is 473 g/mol. The van der Waals surface area contributed by atoms with Gasteiger partial charge in [-0.1, -0.05) is 29.8 Å². The summed E-state index contributed by atoms with van der Waals surface area (Å²) in [5.41, 5.74) is 3.18. The largest absolute Gasteiger partial charge is 0.487 e. The minimum absolute atomic E-state index is 0.0644. The minimum Gasteiger partial charge on any atom is -0.487 e. The van der Waals surface area contributed by atoms with Gasteiger partial charge in [0.05, 0.1) is 10.6 Å². The Kier molecular flexibility index (Phi) is 6.89. The second-order valence-electron chi connectivity index (χ2n) is 7.59. The Morgan fingerprint density at radius 1 is 0.882 bits per heavy atom. The van der Waals surface area contributed by atoms with Crippen molar-refractivity contribution in [3.05, 3.63) is 114 Å². The number of hydrogen-bond acceptors (Lipinski definition) is 5. The zero-order valence-electron chi connectivity index (χ0n) is 18.4. The highest BCUT2D eigenvalue weighted by Crippen LogP contribution is 2.20. The van der Waals surface area contributed by atoms with E-state index in [1.54, 1.807) is 42.6 Å². The molecule has 0 saturated heterocycles. The molecule has 34 heavy (non-hydrogen) atoms. The van der Waals surface area contributed by atoms with Crippen LogP contribution >= 0.6 is 0 Å². The van der Waals surface area contributed by atoms with E-state index in [2.05, 4.69) is 15.0 Å². The summed E-state index contributed by atoms with van der Waals surface area (Å²) in [6.45, 7) is 2.23. The van der Waals surface area contributed by atoms with Crippen molar-refractivity contribution in [1.82, 2.24) is 4.98 Å². The van der Waals surface area contributed by atoms with Crippen molar-refractivity contribution in [2.75, 3.05) is 10.0 Å². The number of nitrogens with one attached hydrogen (secondary N) is 2. The molecule has 1 heterocycles. The molecule has 3 aromatic carbocycles. The predicted molar refractivity (Wildman–Crippen MR) is 131 cm³/mol. The molecular formula is C26H23N3O4S. The SMILES string of the molecule is Cc1ccc(NS(=O)(=O)c2ccc(C(=O)Nc3cccc(OCc4ccccn4)c3)cc2)cc1. The van der Waals surface area contributed by atoms with Crippen LogP contribution in [0.25, 0.3) is 0 Å². The summed E-state index contributed by atoms with van der Waals surface area (Å²) < 4.78 is 33.5. The molecule has 7 nitrogen and oxygen atoms in total. The van der Waals surface area contributed by atoms with Crippen LogP contribution in [-0.2, 0) is 16.6 Å². The first-order valence-corrected chi connectivity index (χ1v) is 12.0. The standard InChI is InChI=1S/C26H23N3O4S/c1-19-8-12-21(13-9-19)29-34(31,32)25-14-10-20(11-15-25)26(30)28-22-6-4-7-24(17-22)33-18-23-5-2-3-16-27-23/h2-17,29H,18H2,1H3,(H,28,30). The number of amides is 1. The average Bonchev–Trinajstić information content (AvgIpc) is 2.85. The van der Waals surface area contributed by atoms with E-state index in [1.807, 2.05) is 37.3 Å². The number of anilines is 2. The van der Waals surface area contributed by atoms with Gasteiger partial charge in [-0.15, -0.1) is 0 Å². The highest BCUT2D eigenvalue weighted by Gasteiger charge is 2.15. The van der Waals surface area contributed by atoms with Gasteiger partial charge in [0.1, 0.15) is 12.4 Å². The molecule has 4 rings (SSSR count). The summed E-state index contributed by atoms with van der Waals surface area (Å²) in [6.07, 6.45) is 1.70. The first kappa shape index (κ1) is 23.0. The molecule has 1 aromatic heterocycles. The number of nitrogens with zero attached hydrogens (tertiary/aromatic N) is 1. The van der Waals surface area contributed by atoms with E-state index in [0.29, 0.717) is 29.3 Å². The first-order valence-electron chi connectivity index (χ1n) is 10.5. The molecule has 0 aliphatic heterocycles. The fraction of sp³-hybridized carbons (Fsp3) is 0.0769. The van der Waals surface area contributed by atoms with Gasteiger partial charge in [0.2, 0.25) is 0 Å². The number of pyridine rings is 1. The summed E-state index contributed by atoms with van der Waals surface area (Å²) in [7, 11) is -3.77. The maximum atomic E-state index is 12.7. The number of ether oxygens (including phenoxy) is 1. The van der Waals surface area contributed by atoms with Crippen LogP contribution in [0.5, 0.6) is 5.75 Å². The van der Waals surface area contributed by atoms with Gasteiger partial charge in [0.25, 0.3) is 15.9 Å². The van der Waals surface area contributed by atoms with E-state index in [9.17, 15) is 13.2 Å². The molecular weight excluding hydrogens is 450 g/mol. The maximum Gasteiger partial charge on any atom is 0.261 e.